The summed E-state index contributed by atoms with van der Waals surface area (Å²) in [4.78, 5) is 51.6. The topological polar surface area (TPSA) is 129 Å². The highest BCUT2D eigenvalue weighted by atomic mass is 19.3. The Morgan fingerprint density at radius 2 is 1.83 bits per heavy atom. The molecule has 0 spiro atoms. The lowest BCUT2D eigenvalue weighted by atomic mass is 9.79. The van der Waals surface area contributed by atoms with Gasteiger partial charge in [-0.1, -0.05) is 20.3 Å². The molecule has 13 heteroatoms. The Morgan fingerprint density at radius 3 is 2.50 bits per heavy atom. The number of ketones is 1. The fourth-order valence-electron chi connectivity index (χ4n) is 8.14. The van der Waals surface area contributed by atoms with Gasteiger partial charge in [0.25, 0.3) is 5.92 Å². The maximum Gasteiger partial charge on any atom is 0.408 e. The lowest BCUT2D eigenvalue weighted by Crippen LogP contribution is -2.64. The number of alkyl carbamates (subject to hydrolysis) is 1. The van der Waals surface area contributed by atoms with Crippen molar-refractivity contribution in [1.29, 1.82) is 0 Å². The fraction of sp³-hybridized carbons (Fsp3) is 0.686. The number of amides is 2. The van der Waals surface area contributed by atoms with Gasteiger partial charge in [-0.25, -0.2) is 14.8 Å². The summed E-state index contributed by atoms with van der Waals surface area (Å²) in [7, 11) is 1.50. The van der Waals surface area contributed by atoms with Crippen LogP contribution in [-0.4, -0.2) is 83.3 Å². The number of nitrogens with one attached hydrogen (secondary N) is 1. The monoisotopic (exact) mass is 672 g/mol. The second-order valence-electron chi connectivity index (χ2n) is 14.5. The van der Waals surface area contributed by atoms with Crippen LogP contribution in [0.5, 0.6) is 11.6 Å². The van der Waals surface area contributed by atoms with Gasteiger partial charge in [-0.2, -0.15) is 8.78 Å². The maximum absolute atomic E-state index is 16.2. The molecular formula is C35H46F2N4O7. The molecule has 48 heavy (non-hydrogen) atoms. The second-order valence-corrected chi connectivity index (χ2v) is 14.5. The van der Waals surface area contributed by atoms with Gasteiger partial charge in [-0.05, 0) is 70.4 Å². The molecule has 4 aliphatic rings. The highest BCUT2D eigenvalue weighted by Gasteiger charge is 2.54. The molecule has 0 radical (unpaired) electrons. The molecule has 1 aliphatic carbocycles. The van der Waals surface area contributed by atoms with Gasteiger partial charge in [0.05, 0.1) is 43.9 Å². The first-order valence-electron chi connectivity index (χ1n) is 17.1. The normalized spacial score (nSPS) is 32.1. The lowest BCUT2D eigenvalue weighted by Gasteiger charge is -2.45. The van der Waals surface area contributed by atoms with Gasteiger partial charge >= 0.3 is 6.09 Å². The van der Waals surface area contributed by atoms with Crippen molar-refractivity contribution in [3.05, 3.63) is 23.9 Å². The average molecular weight is 673 g/mol. The van der Waals surface area contributed by atoms with E-state index >= 15 is 8.78 Å². The predicted molar refractivity (Wildman–Crippen MR) is 171 cm³/mol. The summed E-state index contributed by atoms with van der Waals surface area (Å²) in [6.07, 6.45) is 1.97. The Hall–Kier alpha value is -3.61. The van der Waals surface area contributed by atoms with Gasteiger partial charge in [0.1, 0.15) is 23.5 Å². The van der Waals surface area contributed by atoms with Gasteiger partial charge in [0.15, 0.2) is 11.5 Å². The fourth-order valence-corrected chi connectivity index (χ4v) is 8.14. The number of nitrogens with zero attached hydrogens (tertiary/aromatic N) is 3. The van der Waals surface area contributed by atoms with Gasteiger partial charge in [0.2, 0.25) is 11.8 Å². The predicted octanol–water partition coefficient (Wildman–Crippen LogP) is 5.57. The van der Waals surface area contributed by atoms with Crippen LogP contribution in [0.25, 0.3) is 11.0 Å². The quantitative estimate of drug-likeness (QED) is 0.444. The van der Waals surface area contributed by atoms with Gasteiger partial charge < -0.3 is 29.2 Å². The first kappa shape index (κ1) is 34.3. The number of carbonyl (C=O) groups excluding carboxylic acids is 3. The van der Waals surface area contributed by atoms with E-state index in [1.807, 2.05) is 20.8 Å². The van der Waals surface area contributed by atoms with Crippen molar-refractivity contribution >= 4 is 28.8 Å². The molecule has 3 fully saturated rings. The molecule has 2 amide bonds. The minimum atomic E-state index is -3.38. The lowest BCUT2D eigenvalue weighted by molar-refractivity contribution is -0.158. The first-order chi connectivity index (χ1) is 22.8. The summed E-state index contributed by atoms with van der Waals surface area (Å²) in [5.41, 5.74) is -1.53. The van der Waals surface area contributed by atoms with Crippen LogP contribution in [0.1, 0.15) is 84.8 Å². The van der Waals surface area contributed by atoms with E-state index in [4.69, 9.17) is 18.9 Å². The zero-order valence-corrected chi connectivity index (χ0v) is 28.4. The molecule has 1 N–H and O–H groups in total. The van der Waals surface area contributed by atoms with Crippen molar-refractivity contribution in [2.75, 3.05) is 26.9 Å². The number of halogens is 2. The van der Waals surface area contributed by atoms with Crippen molar-refractivity contribution in [3.63, 3.8) is 0 Å². The number of aromatic nitrogens is 2. The number of alkyl halides is 2. The molecule has 4 heterocycles. The molecular weight excluding hydrogens is 626 g/mol. The molecule has 2 aromatic rings. The van der Waals surface area contributed by atoms with E-state index in [1.165, 1.54) is 18.9 Å². The Bertz CT molecular complexity index is 1570. The van der Waals surface area contributed by atoms with Crippen molar-refractivity contribution in [1.82, 2.24) is 20.2 Å². The van der Waals surface area contributed by atoms with Crippen molar-refractivity contribution in [2.45, 2.75) is 109 Å². The number of carbonyl (C=O) groups is 3. The maximum atomic E-state index is 16.2. The summed E-state index contributed by atoms with van der Waals surface area (Å²) < 4.78 is 55.6. The highest BCUT2D eigenvalue weighted by Crippen LogP contribution is 2.44. The average Bonchev–Trinajstić information content (AvgIpc) is 3.58. The van der Waals surface area contributed by atoms with Crippen LogP contribution in [0.15, 0.2) is 18.2 Å². The molecule has 262 valence electrons. The number of hydrogen-bond acceptors (Lipinski definition) is 9. The number of methoxy groups -OCH3 is 1. The standard InChI is InChI=1S/C35H46F2N4O7/c1-6-23-26-17-41(27(23)20(2)42)31(43)29(33(3)18-46-19-33)40-32(44)48-34(4)14-9-11-21(34)10-7-8-15-35(36,37)28-30(47-26)39-25-16-22(45-5)12-13-24(25)38-28/h12-13,16,21,23,26-27,29H,6-11,14-15,17-19H2,1-5H3,(H,40,44)/t21-,23-,26+,27-,29-,34-/m1/s1. The zero-order valence-electron chi connectivity index (χ0n) is 28.4. The minimum Gasteiger partial charge on any atom is -0.497 e. The molecule has 1 saturated carbocycles. The number of rotatable bonds is 4. The van der Waals surface area contributed by atoms with Crippen LogP contribution < -0.4 is 14.8 Å². The van der Waals surface area contributed by atoms with Gasteiger partial charge in [0, 0.05) is 23.8 Å². The Balaban J connectivity index is 1.44. The Morgan fingerprint density at radius 1 is 1.08 bits per heavy atom. The van der Waals surface area contributed by atoms with Crippen molar-refractivity contribution in [2.24, 2.45) is 17.3 Å². The summed E-state index contributed by atoms with van der Waals surface area (Å²) in [6, 6.07) is 2.86. The molecule has 1 aromatic heterocycles. The molecule has 2 bridgehead atoms. The molecule has 3 aliphatic heterocycles. The molecule has 11 nitrogen and oxygen atoms in total. The third kappa shape index (κ3) is 6.30. The summed E-state index contributed by atoms with van der Waals surface area (Å²) in [5, 5.41) is 2.87. The number of Topliss-reactive ketones (excluding diaryl/α,β-unsaturated/α-hetero) is 1. The smallest absolute Gasteiger partial charge is 0.408 e. The molecule has 6 rings (SSSR count). The van der Waals surface area contributed by atoms with E-state index in [-0.39, 0.29) is 49.3 Å². The number of fused-ring (bicyclic) bond motifs is 5. The Kier molecular flexibility index (Phi) is 9.29. The molecule has 1 aromatic carbocycles. The van der Waals surface area contributed by atoms with Crippen LogP contribution in [0, 0.1) is 17.3 Å². The highest BCUT2D eigenvalue weighted by molar-refractivity contribution is 5.93. The van der Waals surface area contributed by atoms with E-state index < -0.39 is 65.2 Å². The van der Waals surface area contributed by atoms with Crippen LogP contribution in [-0.2, 0) is 25.0 Å². The summed E-state index contributed by atoms with van der Waals surface area (Å²) >= 11 is 0. The van der Waals surface area contributed by atoms with E-state index in [1.54, 1.807) is 18.2 Å². The summed E-state index contributed by atoms with van der Waals surface area (Å²) in [5.74, 6) is -4.53. The van der Waals surface area contributed by atoms with Crippen LogP contribution in [0.4, 0.5) is 13.6 Å². The number of benzene rings is 1. The zero-order chi connectivity index (χ0) is 34.4. The Labute approximate surface area is 279 Å². The van der Waals surface area contributed by atoms with Crippen LogP contribution in [0.3, 0.4) is 0 Å². The number of hydrogen-bond donors (Lipinski definition) is 1. The number of ether oxygens (including phenoxy) is 4. The van der Waals surface area contributed by atoms with E-state index in [0.29, 0.717) is 36.9 Å². The van der Waals surface area contributed by atoms with Gasteiger partial charge in [-0.3, -0.25) is 9.59 Å². The van der Waals surface area contributed by atoms with Crippen molar-refractivity contribution < 1.29 is 42.1 Å². The summed E-state index contributed by atoms with van der Waals surface area (Å²) in [6.45, 7) is 7.38. The first-order valence-corrected chi connectivity index (χ1v) is 17.1. The van der Waals surface area contributed by atoms with E-state index in [2.05, 4.69) is 15.3 Å². The molecule has 6 atom stereocenters. The van der Waals surface area contributed by atoms with Gasteiger partial charge in [-0.15, -0.1) is 0 Å². The van der Waals surface area contributed by atoms with E-state index in [0.717, 1.165) is 12.8 Å². The second kappa shape index (κ2) is 13.0. The minimum absolute atomic E-state index is 0.0198. The molecule has 2 saturated heterocycles. The third-order valence-electron chi connectivity index (χ3n) is 11.0. The largest absolute Gasteiger partial charge is 0.497 e. The third-order valence-corrected chi connectivity index (χ3v) is 11.0. The van der Waals surface area contributed by atoms with E-state index in [9.17, 15) is 14.4 Å². The van der Waals surface area contributed by atoms with Crippen molar-refractivity contribution in [3.8, 4) is 11.6 Å². The van der Waals surface area contributed by atoms with Crippen LogP contribution in [0.2, 0.25) is 0 Å². The SMILES string of the molecule is CC[C@@H]1[C@@H]2CN(C(=O)[C@H](C3(C)COC3)NC(=O)O[C@]3(C)CCC[C@H]3CCCCC(F)(F)c3nc4ccc(OC)cc4nc3O2)[C@@H]1C(C)=O. The van der Waals surface area contributed by atoms with Crippen LogP contribution >= 0.6 is 0 Å². The molecule has 0 unspecified atom stereocenters.